The van der Waals surface area contributed by atoms with Gasteiger partial charge in [0.25, 0.3) is 0 Å². The summed E-state index contributed by atoms with van der Waals surface area (Å²) in [6, 6.07) is 7.64. The van der Waals surface area contributed by atoms with Gasteiger partial charge in [-0.05, 0) is 12.1 Å². The van der Waals surface area contributed by atoms with Gasteiger partial charge >= 0.3 is 0 Å². The molecule has 0 aromatic carbocycles. The lowest BCUT2D eigenvalue weighted by Crippen LogP contribution is -1.86. The van der Waals surface area contributed by atoms with Crippen LogP contribution >= 0.6 is 12.4 Å². The Kier molecular flexibility index (Phi) is 2.54. The van der Waals surface area contributed by atoms with Crippen molar-refractivity contribution in [1.29, 1.82) is 0 Å². The van der Waals surface area contributed by atoms with E-state index in [0.29, 0.717) is 5.82 Å². The van der Waals surface area contributed by atoms with Crippen molar-refractivity contribution in [2.75, 3.05) is 5.73 Å². The summed E-state index contributed by atoms with van der Waals surface area (Å²) in [6.07, 6.45) is 3.75. The molecule has 0 aliphatic carbocycles. The van der Waals surface area contributed by atoms with Crippen LogP contribution in [-0.4, -0.2) is 19.6 Å². The highest BCUT2D eigenvalue weighted by atomic mass is 35.5. The standard InChI is InChI=1S/C10H9N5.ClH/c11-9-5-7(13-14-9)8-6-12-10-3-1-2-4-15(8)10;/h1-6H,(H3,11,13,14);1H. The van der Waals surface area contributed by atoms with Crippen molar-refractivity contribution in [3.05, 3.63) is 36.7 Å². The second kappa shape index (κ2) is 3.86. The van der Waals surface area contributed by atoms with Gasteiger partial charge in [-0.2, -0.15) is 5.10 Å². The van der Waals surface area contributed by atoms with Crippen LogP contribution in [0, 0.1) is 0 Å². The number of nitrogens with one attached hydrogen (secondary N) is 1. The van der Waals surface area contributed by atoms with Crippen LogP contribution in [0.3, 0.4) is 0 Å². The molecule has 82 valence electrons. The van der Waals surface area contributed by atoms with E-state index in [4.69, 9.17) is 5.73 Å². The number of nitrogens with two attached hydrogens (primary N) is 1. The number of imidazole rings is 1. The molecule has 0 atom stereocenters. The molecule has 3 aromatic rings. The molecule has 0 aliphatic rings. The predicted molar refractivity (Wildman–Crippen MR) is 64.4 cm³/mol. The average Bonchev–Trinajstić information content (AvgIpc) is 2.83. The SMILES string of the molecule is Cl.Nc1cc(-c2cnc3ccccn23)[nH]n1. The zero-order chi connectivity index (χ0) is 10.3. The summed E-state index contributed by atoms with van der Waals surface area (Å²) < 4.78 is 1.98. The van der Waals surface area contributed by atoms with Crippen LogP contribution in [0.2, 0.25) is 0 Å². The van der Waals surface area contributed by atoms with Gasteiger partial charge in [-0.15, -0.1) is 12.4 Å². The van der Waals surface area contributed by atoms with Crippen LogP contribution in [-0.2, 0) is 0 Å². The minimum atomic E-state index is 0. The van der Waals surface area contributed by atoms with E-state index in [9.17, 15) is 0 Å². The molecular formula is C10H10ClN5. The molecule has 0 saturated carbocycles. The number of anilines is 1. The fourth-order valence-electron chi connectivity index (χ4n) is 1.60. The topological polar surface area (TPSA) is 72.0 Å². The molecule has 0 saturated heterocycles. The van der Waals surface area contributed by atoms with Crippen molar-refractivity contribution in [3.8, 4) is 11.4 Å². The summed E-state index contributed by atoms with van der Waals surface area (Å²) in [5.41, 5.74) is 8.28. The first-order valence-electron chi connectivity index (χ1n) is 4.58. The molecule has 6 heteroatoms. The Morgan fingerprint density at radius 3 is 2.94 bits per heavy atom. The van der Waals surface area contributed by atoms with Gasteiger partial charge in [0.05, 0.1) is 17.6 Å². The van der Waals surface area contributed by atoms with Crippen LogP contribution in [0.4, 0.5) is 5.82 Å². The highest BCUT2D eigenvalue weighted by Crippen LogP contribution is 2.19. The second-order valence-corrected chi connectivity index (χ2v) is 3.28. The molecule has 0 aliphatic heterocycles. The molecule has 3 aromatic heterocycles. The van der Waals surface area contributed by atoms with Crippen LogP contribution in [0.5, 0.6) is 0 Å². The van der Waals surface area contributed by atoms with Crippen LogP contribution in [0.25, 0.3) is 17.0 Å². The minimum absolute atomic E-state index is 0. The number of hydrogen-bond donors (Lipinski definition) is 2. The highest BCUT2D eigenvalue weighted by Gasteiger charge is 2.06. The van der Waals surface area contributed by atoms with Gasteiger partial charge < -0.3 is 5.73 Å². The fraction of sp³-hybridized carbons (Fsp3) is 0. The highest BCUT2D eigenvalue weighted by molar-refractivity contribution is 5.85. The smallest absolute Gasteiger partial charge is 0.145 e. The number of fused-ring (bicyclic) bond motifs is 1. The largest absolute Gasteiger partial charge is 0.382 e. The number of H-pyrrole nitrogens is 1. The van der Waals surface area contributed by atoms with Crippen LogP contribution in [0.15, 0.2) is 36.7 Å². The van der Waals surface area contributed by atoms with Crippen molar-refractivity contribution < 1.29 is 0 Å². The average molecular weight is 236 g/mol. The van der Waals surface area contributed by atoms with Gasteiger partial charge in [-0.25, -0.2) is 4.98 Å². The van der Waals surface area contributed by atoms with Crippen LogP contribution in [0.1, 0.15) is 0 Å². The van der Waals surface area contributed by atoms with E-state index >= 15 is 0 Å². The molecule has 0 unspecified atom stereocenters. The van der Waals surface area contributed by atoms with E-state index in [0.717, 1.165) is 17.0 Å². The predicted octanol–water partition coefficient (Wildman–Crippen LogP) is 1.73. The molecule has 16 heavy (non-hydrogen) atoms. The van der Waals surface area contributed by atoms with Gasteiger partial charge in [0.2, 0.25) is 0 Å². The van der Waals surface area contributed by atoms with E-state index in [2.05, 4.69) is 15.2 Å². The van der Waals surface area contributed by atoms with Crippen molar-refractivity contribution in [3.63, 3.8) is 0 Å². The Morgan fingerprint density at radius 2 is 2.19 bits per heavy atom. The number of hydrogen-bond acceptors (Lipinski definition) is 3. The molecule has 0 spiro atoms. The lowest BCUT2D eigenvalue weighted by molar-refractivity contribution is 1.08. The summed E-state index contributed by atoms with van der Waals surface area (Å²) in [5, 5.41) is 6.76. The summed E-state index contributed by atoms with van der Waals surface area (Å²) in [6.45, 7) is 0. The van der Waals surface area contributed by atoms with E-state index in [1.165, 1.54) is 0 Å². The van der Waals surface area contributed by atoms with Crippen LogP contribution < -0.4 is 5.73 Å². The van der Waals surface area contributed by atoms with E-state index in [-0.39, 0.29) is 12.4 Å². The third kappa shape index (κ3) is 1.51. The number of aromatic amines is 1. The molecule has 0 amide bonds. The number of nitrogen functional groups attached to an aromatic ring is 1. The lowest BCUT2D eigenvalue weighted by atomic mass is 10.3. The summed E-state index contributed by atoms with van der Waals surface area (Å²) in [4.78, 5) is 4.28. The molecule has 0 radical (unpaired) electrons. The Bertz CT molecular complexity index is 612. The Labute approximate surface area is 97.7 Å². The van der Waals surface area contributed by atoms with E-state index < -0.39 is 0 Å². The number of pyridine rings is 1. The zero-order valence-electron chi connectivity index (χ0n) is 8.29. The Morgan fingerprint density at radius 1 is 1.31 bits per heavy atom. The van der Waals surface area contributed by atoms with E-state index in [1.807, 2.05) is 28.8 Å². The molecule has 5 nitrogen and oxygen atoms in total. The lowest BCUT2D eigenvalue weighted by Gasteiger charge is -1.96. The molecule has 3 heterocycles. The first-order chi connectivity index (χ1) is 7.34. The maximum absolute atomic E-state index is 5.56. The summed E-state index contributed by atoms with van der Waals surface area (Å²) in [5.74, 6) is 0.482. The number of halogens is 1. The second-order valence-electron chi connectivity index (χ2n) is 3.28. The normalized spacial score (nSPS) is 10.2. The van der Waals surface area contributed by atoms with E-state index in [1.54, 1.807) is 12.3 Å². The van der Waals surface area contributed by atoms with Gasteiger partial charge in [0.15, 0.2) is 0 Å². The number of aromatic nitrogens is 4. The maximum atomic E-state index is 5.56. The first kappa shape index (κ1) is 10.5. The zero-order valence-corrected chi connectivity index (χ0v) is 9.11. The van der Waals surface area contributed by atoms with Gasteiger partial charge in [-0.1, -0.05) is 6.07 Å². The number of rotatable bonds is 1. The monoisotopic (exact) mass is 235 g/mol. The third-order valence-electron chi connectivity index (χ3n) is 2.29. The van der Waals surface area contributed by atoms with Crippen molar-refractivity contribution >= 4 is 23.9 Å². The fourth-order valence-corrected chi connectivity index (χ4v) is 1.60. The maximum Gasteiger partial charge on any atom is 0.145 e. The summed E-state index contributed by atoms with van der Waals surface area (Å²) in [7, 11) is 0. The molecule has 0 fully saturated rings. The molecule has 3 rings (SSSR count). The molecular weight excluding hydrogens is 226 g/mol. The Hall–Kier alpha value is -2.01. The van der Waals surface area contributed by atoms with Crippen molar-refractivity contribution in [2.45, 2.75) is 0 Å². The summed E-state index contributed by atoms with van der Waals surface area (Å²) >= 11 is 0. The van der Waals surface area contributed by atoms with Gasteiger partial charge in [-0.3, -0.25) is 9.50 Å². The molecule has 0 bridgehead atoms. The Balaban J connectivity index is 0.000000963. The molecule has 3 N–H and O–H groups in total. The van der Waals surface area contributed by atoms with Crippen molar-refractivity contribution in [2.24, 2.45) is 0 Å². The number of nitrogens with zero attached hydrogens (tertiary/aromatic N) is 3. The van der Waals surface area contributed by atoms with Crippen molar-refractivity contribution in [1.82, 2.24) is 19.6 Å². The third-order valence-corrected chi connectivity index (χ3v) is 2.29. The minimum Gasteiger partial charge on any atom is -0.382 e. The quantitative estimate of drug-likeness (QED) is 0.675. The van der Waals surface area contributed by atoms with Gasteiger partial charge in [0.1, 0.15) is 11.5 Å². The first-order valence-corrected chi connectivity index (χ1v) is 4.58. The van der Waals surface area contributed by atoms with Gasteiger partial charge in [0, 0.05) is 12.3 Å².